The number of aromatic nitrogens is 2. The van der Waals surface area contributed by atoms with E-state index >= 15 is 0 Å². The first-order valence-electron chi connectivity index (χ1n) is 6.50. The summed E-state index contributed by atoms with van der Waals surface area (Å²) in [4.78, 5) is 0. The van der Waals surface area contributed by atoms with Crippen LogP contribution < -0.4 is 5.32 Å². The van der Waals surface area contributed by atoms with Gasteiger partial charge in [0.25, 0.3) is 0 Å². The van der Waals surface area contributed by atoms with Gasteiger partial charge in [0.2, 0.25) is 0 Å². The molecule has 0 aliphatic rings. The molecule has 1 aromatic carbocycles. The molecule has 0 amide bonds. The molecular weight excluding hydrogens is 222 g/mol. The molecule has 94 valence electrons. The van der Waals surface area contributed by atoms with Crippen molar-refractivity contribution in [2.45, 2.75) is 26.7 Å². The van der Waals surface area contributed by atoms with Crippen LogP contribution in [-0.2, 0) is 6.42 Å². The smallest absolute Gasteiger partial charge is 0.148 e. The summed E-state index contributed by atoms with van der Waals surface area (Å²) >= 11 is 0. The van der Waals surface area contributed by atoms with Crippen LogP contribution in [0.1, 0.15) is 25.8 Å². The first kappa shape index (κ1) is 12.6. The summed E-state index contributed by atoms with van der Waals surface area (Å²) in [7, 11) is 0. The highest BCUT2D eigenvalue weighted by molar-refractivity contribution is 5.60. The van der Waals surface area contributed by atoms with Gasteiger partial charge in [0, 0.05) is 12.1 Å². The third-order valence-corrected chi connectivity index (χ3v) is 2.78. The zero-order chi connectivity index (χ0) is 12.8. The van der Waals surface area contributed by atoms with E-state index in [2.05, 4.69) is 46.7 Å². The maximum absolute atomic E-state index is 4.26. The predicted octanol–water partition coefficient (Wildman–Crippen LogP) is 3.53. The van der Waals surface area contributed by atoms with E-state index in [9.17, 15) is 0 Å². The molecule has 0 atom stereocenters. The van der Waals surface area contributed by atoms with Gasteiger partial charge in [0.15, 0.2) is 0 Å². The Kier molecular flexibility index (Phi) is 4.29. The normalized spacial score (nSPS) is 10.3. The van der Waals surface area contributed by atoms with Crippen molar-refractivity contribution in [1.29, 1.82) is 0 Å². The molecule has 0 aliphatic carbocycles. The van der Waals surface area contributed by atoms with Gasteiger partial charge < -0.3 is 5.32 Å². The molecule has 1 N–H and O–H groups in total. The monoisotopic (exact) mass is 241 g/mol. The summed E-state index contributed by atoms with van der Waals surface area (Å²) in [5.41, 5.74) is 3.42. The van der Waals surface area contributed by atoms with Crippen molar-refractivity contribution in [2.24, 2.45) is 0 Å². The largest absolute Gasteiger partial charge is 0.369 e. The zero-order valence-corrected chi connectivity index (χ0v) is 11.0. The minimum atomic E-state index is 0.825. The number of nitrogens with one attached hydrogen (secondary N) is 1. The van der Waals surface area contributed by atoms with E-state index in [0.29, 0.717) is 0 Å². The third kappa shape index (κ3) is 3.06. The quantitative estimate of drug-likeness (QED) is 0.870. The molecule has 3 nitrogen and oxygen atoms in total. The zero-order valence-electron chi connectivity index (χ0n) is 11.0. The number of hydrogen-bond acceptors (Lipinski definition) is 3. The van der Waals surface area contributed by atoms with Crippen LogP contribution in [0.4, 0.5) is 5.82 Å². The summed E-state index contributed by atoms with van der Waals surface area (Å²) in [5.74, 6) is 0.825. The van der Waals surface area contributed by atoms with Gasteiger partial charge in [-0.2, -0.15) is 0 Å². The highest BCUT2D eigenvalue weighted by Crippen LogP contribution is 2.19. The van der Waals surface area contributed by atoms with Gasteiger partial charge in [0.1, 0.15) is 5.82 Å². The molecular formula is C15H19N3. The van der Waals surface area contributed by atoms with Gasteiger partial charge >= 0.3 is 0 Å². The van der Waals surface area contributed by atoms with Crippen LogP contribution in [0, 0.1) is 0 Å². The summed E-state index contributed by atoms with van der Waals surface area (Å²) in [6, 6.07) is 12.5. The minimum absolute atomic E-state index is 0.825. The Morgan fingerprint density at radius 1 is 1.06 bits per heavy atom. The second kappa shape index (κ2) is 6.15. The topological polar surface area (TPSA) is 37.8 Å². The molecule has 0 saturated heterocycles. The number of anilines is 1. The Morgan fingerprint density at radius 3 is 2.61 bits per heavy atom. The molecule has 1 aromatic heterocycles. The number of benzene rings is 1. The highest BCUT2D eigenvalue weighted by Gasteiger charge is 2.01. The summed E-state index contributed by atoms with van der Waals surface area (Å²) in [6.45, 7) is 5.10. The van der Waals surface area contributed by atoms with Gasteiger partial charge in [-0.15, -0.1) is 10.2 Å². The average Bonchev–Trinajstić information content (AvgIpc) is 2.41. The van der Waals surface area contributed by atoms with Crippen molar-refractivity contribution in [3.05, 3.63) is 42.0 Å². The number of rotatable bonds is 5. The number of hydrogen-bond donors (Lipinski definition) is 1. The summed E-state index contributed by atoms with van der Waals surface area (Å²) in [5, 5.41) is 11.6. The van der Waals surface area contributed by atoms with E-state index in [1.165, 1.54) is 5.56 Å². The lowest BCUT2D eigenvalue weighted by Crippen LogP contribution is -2.00. The van der Waals surface area contributed by atoms with Crippen molar-refractivity contribution in [3.63, 3.8) is 0 Å². The molecule has 18 heavy (non-hydrogen) atoms. The molecule has 0 aliphatic heterocycles. The third-order valence-electron chi connectivity index (χ3n) is 2.78. The van der Waals surface area contributed by atoms with Gasteiger partial charge in [-0.1, -0.05) is 31.5 Å². The second-order valence-corrected chi connectivity index (χ2v) is 4.28. The molecule has 2 rings (SSSR count). The van der Waals surface area contributed by atoms with Gasteiger partial charge in [0.05, 0.1) is 5.69 Å². The standard InChI is InChI=1S/C15H19N3/c1-3-6-12-7-5-8-13(11-12)14-9-10-15(16-4-2)18-17-14/h5,7-11H,3-4,6H2,1-2H3,(H,16,18). The lowest BCUT2D eigenvalue weighted by molar-refractivity contribution is 0.921. The van der Waals surface area contributed by atoms with Crippen LogP contribution in [0.3, 0.4) is 0 Å². The van der Waals surface area contributed by atoms with Gasteiger partial charge in [-0.25, -0.2) is 0 Å². The van der Waals surface area contributed by atoms with E-state index in [0.717, 1.165) is 36.5 Å². The lowest BCUT2D eigenvalue weighted by Gasteiger charge is -2.05. The lowest BCUT2D eigenvalue weighted by atomic mass is 10.0. The first-order valence-corrected chi connectivity index (χ1v) is 6.50. The van der Waals surface area contributed by atoms with Crippen LogP contribution >= 0.6 is 0 Å². The molecule has 0 fully saturated rings. The summed E-state index contributed by atoms with van der Waals surface area (Å²) < 4.78 is 0. The molecule has 1 heterocycles. The van der Waals surface area contributed by atoms with Crippen LogP contribution in [0.25, 0.3) is 11.3 Å². The van der Waals surface area contributed by atoms with E-state index in [4.69, 9.17) is 0 Å². The fourth-order valence-electron chi connectivity index (χ4n) is 1.94. The molecule has 0 spiro atoms. The fourth-order valence-corrected chi connectivity index (χ4v) is 1.94. The molecule has 2 aromatic rings. The van der Waals surface area contributed by atoms with E-state index in [-0.39, 0.29) is 0 Å². The van der Waals surface area contributed by atoms with Crippen molar-refractivity contribution >= 4 is 5.82 Å². The molecule has 0 unspecified atom stereocenters. The number of nitrogens with zero attached hydrogens (tertiary/aromatic N) is 2. The summed E-state index contributed by atoms with van der Waals surface area (Å²) in [6.07, 6.45) is 2.27. The minimum Gasteiger partial charge on any atom is -0.369 e. The Hall–Kier alpha value is -1.90. The Labute approximate surface area is 108 Å². The Balaban J connectivity index is 2.22. The van der Waals surface area contributed by atoms with Crippen molar-refractivity contribution in [3.8, 4) is 11.3 Å². The first-order chi connectivity index (χ1) is 8.83. The Morgan fingerprint density at radius 2 is 1.94 bits per heavy atom. The van der Waals surface area contributed by atoms with E-state index in [1.807, 2.05) is 19.1 Å². The maximum Gasteiger partial charge on any atom is 0.148 e. The maximum atomic E-state index is 4.26. The molecule has 0 saturated carbocycles. The van der Waals surface area contributed by atoms with E-state index in [1.54, 1.807) is 0 Å². The van der Waals surface area contributed by atoms with Gasteiger partial charge in [-0.3, -0.25) is 0 Å². The van der Waals surface area contributed by atoms with Crippen LogP contribution in [-0.4, -0.2) is 16.7 Å². The van der Waals surface area contributed by atoms with Crippen LogP contribution in [0.2, 0.25) is 0 Å². The Bertz CT molecular complexity index is 491. The van der Waals surface area contributed by atoms with Crippen molar-refractivity contribution in [1.82, 2.24) is 10.2 Å². The second-order valence-electron chi connectivity index (χ2n) is 4.28. The predicted molar refractivity (Wildman–Crippen MR) is 75.6 cm³/mol. The van der Waals surface area contributed by atoms with Crippen molar-refractivity contribution in [2.75, 3.05) is 11.9 Å². The fraction of sp³-hybridized carbons (Fsp3) is 0.333. The van der Waals surface area contributed by atoms with Crippen LogP contribution in [0.15, 0.2) is 36.4 Å². The molecule has 3 heteroatoms. The molecule has 0 bridgehead atoms. The van der Waals surface area contributed by atoms with Crippen molar-refractivity contribution < 1.29 is 0 Å². The average molecular weight is 241 g/mol. The van der Waals surface area contributed by atoms with Gasteiger partial charge in [-0.05, 0) is 37.1 Å². The molecule has 0 radical (unpaired) electrons. The van der Waals surface area contributed by atoms with Crippen LogP contribution in [0.5, 0.6) is 0 Å². The highest BCUT2D eigenvalue weighted by atomic mass is 15.2. The number of aryl methyl sites for hydroxylation is 1. The van der Waals surface area contributed by atoms with E-state index < -0.39 is 0 Å². The SMILES string of the molecule is CCCc1cccc(-c2ccc(NCC)nn2)c1.